The molecule has 2 aliphatic carbocycles. The van der Waals surface area contributed by atoms with Gasteiger partial charge in [-0.2, -0.15) is 0 Å². The van der Waals surface area contributed by atoms with Crippen LogP contribution >= 0.6 is 0 Å². The zero-order valence-electron chi connectivity index (χ0n) is 33.7. The Hall–Kier alpha value is -7.54. The van der Waals surface area contributed by atoms with Gasteiger partial charge in [0.05, 0.1) is 5.41 Å². The summed E-state index contributed by atoms with van der Waals surface area (Å²) >= 11 is 0. The Morgan fingerprint density at radius 2 is 0.885 bits per heavy atom. The lowest BCUT2D eigenvalue weighted by molar-refractivity contribution is 0.765. The van der Waals surface area contributed by atoms with Gasteiger partial charge in [0.1, 0.15) is 0 Å². The van der Waals surface area contributed by atoms with Gasteiger partial charge in [0.2, 0.25) is 0 Å². The summed E-state index contributed by atoms with van der Waals surface area (Å²) in [6.07, 6.45) is 0. The molecule has 286 valence electrons. The van der Waals surface area contributed by atoms with Crippen molar-refractivity contribution in [1.29, 1.82) is 0 Å². The molecule has 0 spiro atoms. The van der Waals surface area contributed by atoms with Crippen LogP contribution in [0.15, 0.2) is 243 Å². The average molecular weight is 775 g/mol. The predicted octanol–water partition coefficient (Wildman–Crippen LogP) is 15.2. The maximum absolute atomic E-state index is 2.52. The molecule has 2 unspecified atom stereocenters. The van der Waals surface area contributed by atoms with E-state index in [1.807, 2.05) is 0 Å². The third-order valence-corrected chi connectivity index (χ3v) is 13.6. The van der Waals surface area contributed by atoms with Crippen LogP contribution in [-0.2, 0) is 5.41 Å². The number of hydrogen-bond acceptors (Lipinski definition) is 0. The Balaban J connectivity index is 0.984. The smallest absolute Gasteiger partial charge is 0.0622 e. The van der Waals surface area contributed by atoms with Crippen LogP contribution in [-0.4, -0.2) is 0 Å². The molecule has 0 bridgehead atoms. The van der Waals surface area contributed by atoms with Crippen molar-refractivity contribution in [3.05, 3.63) is 298 Å². The van der Waals surface area contributed by atoms with E-state index in [4.69, 9.17) is 0 Å². The fourth-order valence-corrected chi connectivity index (χ4v) is 10.9. The molecule has 0 radical (unpaired) electrons. The number of fused-ring (bicyclic) bond motifs is 8. The summed E-state index contributed by atoms with van der Waals surface area (Å²) in [5, 5.41) is 2.63. The van der Waals surface area contributed by atoms with Crippen LogP contribution in [0.4, 0.5) is 0 Å². The summed E-state index contributed by atoms with van der Waals surface area (Å²) in [5.74, 6) is 0.211. The molecule has 0 aliphatic heterocycles. The van der Waals surface area contributed by atoms with Crippen LogP contribution in [0.2, 0.25) is 0 Å². The van der Waals surface area contributed by atoms with E-state index in [0.717, 1.165) is 0 Å². The van der Waals surface area contributed by atoms with Crippen LogP contribution in [0.25, 0.3) is 44.2 Å². The van der Waals surface area contributed by atoms with Crippen molar-refractivity contribution in [2.45, 2.75) is 17.3 Å². The monoisotopic (exact) mass is 774 g/mol. The van der Waals surface area contributed by atoms with Crippen LogP contribution in [0.3, 0.4) is 0 Å². The molecule has 0 saturated carbocycles. The molecular formula is C61H42. The summed E-state index contributed by atoms with van der Waals surface area (Å²) in [6, 6.07) is 90.6. The molecule has 0 N–H and O–H groups in total. The van der Waals surface area contributed by atoms with E-state index in [-0.39, 0.29) is 11.8 Å². The van der Waals surface area contributed by atoms with Crippen molar-refractivity contribution >= 4 is 10.8 Å². The SMILES string of the molecule is c1ccc(C(c2ccc(-c3ccc4c(c3)C(c3ccccc3)c3c-4ccc4ccccc34)cc2)c2ccc3c(c2)C(c2ccccc2)(c2ccccc2)c2ccccc2-3)cc1. The van der Waals surface area contributed by atoms with Crippen LogP contribution in [0, 0.1) is 0 Å². The van der Waals surface area contributed by atoms with Gasteiger partial charge in [-0.3, -0.25) is 0 Å². The number of rotatable bonds is 7. The van der Waals surface area contributed by atoms with Gasteiger partial charge in [-0.1, -0.05) is 237 Å². The average Bonchev–Trinajstić information content (AvgIpc) is 3.83. The molecule has 0 saturated heterocycles. The summed E-state index contributed by atoms with van der Waals surface area (Å²) in [5.41, 5.74) is 20.5. The third kappa shape index (κ3) is 5.53. The van der Waals surface area contributed by atoms with Crippen molar-refractivity contribution in [1.82, 2.24) is 0 Å². The Morgan fingerprint density at radius 3 is 1.62 bits per heavy atom. The topological polar surface area (TPSA) is 0 Å². The van der Waals surface area contributed by atoms with Gasteiger partial charge in [0.15, 0.2) is 0 Å². The maximum atomic E-state index is 2.52. The molecule has 2 aliphatic rings. The number of benzene rings is 10. The first-order valence-corrected chi connectivity index (χ1v) is 21.5. The molecule has 0 heterocycles. The molecule has 10 aromatic rings. The summed E-state index contributed by atoms with van der Waals surface area (Å²) in [6.45, 7) is 0. The number of hydrogen-bond donors (Lipinski definition) is 0. The highest BCUT2D eigenvalue weighted by Crippen LogP contribution is 2.57. The van der Waals surface area contributed by atoms with E-state index >= 15 is 0 Å². The summed E-state index contributed by atoms with van der Waals surface area (Å²) in [7, 11) is 0. The minimum Gasteiger partial charge on any atom is -0.0622 e. The highest BCUT2D eigenvalue weighted by atomic mass is 14.5. The molecule has 2 atom stereocenters. The Labute approximate surface area is 358 Å². The first-order valence-electron chi connectivity index (χ1n) is 21.5. The van der Waals surface area contributed by atoms with E-state index in [2.05, 4.69) is 243 Å². The molecule has 0 fully saturated rings. The van der Waals surface area contributed by atoms with Gasteiger partial charge >= 0.3 is 0 Å². The quantitative estimate of drug-likeness (QED) is 0.142. The van der Waals surface area contributed by atoms with Crippen molar-refractivity contribution in [3.63, 3.8) is 0 Å². The van der Waals surface area contributed by atoms with Crippen molar-refractivity contribution in [2.75, 3.05) is 0 Å². The fourth-order valence-electron chi connectivity index (χ4n) is 10.9. The van der Waals surface area contributed by atoms with E-state index in [9.17, 15) is 0 Å². The standard InChI is InChI=1S/C61H42/c1-5-18-43(19-6-1)58(47-35-37-53-52-27-15-16-28-56(52)61(57(53)40-47,48-22-9-3-10-23-48)49-24-11-4-12-25-49)45-31-29-41(30-32-45)46-34-36-51-54-38-33-42-17-13-14-26-50(42)60(54)59(55(51)39-46)44-20-7-2-8-21-44/h1-40,58-59H. The minimum absolute atomic E-state index is 0.0405. The molecule has 0 heteroatoms. The molecular weight excluding hydrogens is 733 g/mol. The molecule has 0 nitrogen and oxygen atoms in total. The fraction of sp³-hybridized carbons (Fsp3) is 0.0492. The summed E-state index contributed by atoms with van der Waals surface area (Å²) < 4.78 is 0. The van der Waals surface area contributed by atoms with Crippen LogP contribution < -0.4 is 0 Å². The second-order valence-electron chi connectivity index (χ2n) is 16.7. The van der Waals surface area contributed by atoms with Gasteiger partial charge in [0, 0.05) is 11.8 Å². The Bertz CT molecular complexity index is 3180. The lowest BCUT2D eigenvalue weighted by Crippen LogP contribution is -2.28. The lowest BCUT2D eigenvalue weighted by atomic mass is 9.67. The van der Waals surface area contributed by atoms with Crippen molar-refractivity contribution < 1.29 is 0 Å². The van der Waals surface area contributed by atoms with Gasteiger partial charge < -0.3 is 0 Å². The van der Waals surface area contributed by atoms with Crippen LogP contribution in [0.1, 0.15) is 67.5 Å². The first-order chi connectivity index (χ1) is 30.3. The van der Waals surface area contributed by atoms with Gasteiger partial charge in [-0.15, -0.1) is 0 Å². The third-order valence-electron chi connectivity index (χ3n) is 13.6. The van der Waals surface area contributed by atoms with Crippen molar-refractivity contribution in [3.8, 4) is 33.4 Å². The second-order valence-corrected chi connectivity index (χ2v) is 16.7. The first kappa shape index (κ1) is 35.4. The van der Waals surface area contributed by atoms with Crippen LogP contribution in [0.5, 0.6) is 0 Å². The predicted molar refractivity (Wildman–Crippen MR) is 253 cm³/mol. The molecule has 0 aromatic heterocycles. The minimum atomic E-state index is -0.452. The van der Waals surface area contributed by atoms with E-state index < -0.39 is 5.41 Å². The molecule has 12 rings (SSSR count). The molecule has 10 aromatic carbocycles. The summed E-state index contributed by atoms with van der Waals surface area (Å²) in [4.78, 5) is 0. The van der Waals surface area contributed by atoms with E-state index in [0.29, 0.717) is 0 Å². The molecule has 0 amide bonds. The van der Waals surface area contributed by atoms with Crippen molar-refractivity contribution in [2.24, 2.45) is 0 Å². The largest absolute Gasteiger partial charge is 0.0713 e. The zero-order valence-corrected chi connectivity index (χ0v) is 33.7. The second kappa shape index (κ2) is 14.3. The lowest BCUT2D eigenvalue weighted by Gasteiger charge is -2.34. The van der Waals surface area contributed by atoms with Gasteiger partial charge in [-0.05, 0) is 106 Å². The van der Waals surface area contributed by atoms with Gasteiger partial charge in [-0.25, -0.2) is 0 Å². The maximum Gasteiger partial charge on any atom is 0.0713 e. The normalized spacial score (nSPS) is 14.8. The van der Waals surface area contributed by atoms with E-state index in [1.54, 1.807) is 0 Å². The molecule has 61 heavy (non-hydrogen) atoms. The zero-order chi connectivity index (χ0) is 40.3. The van der Waals surface area contributed by atoms with Gasteiger partial charge in [0.25, 0.3) is 0 Å². The Kier molecular flexibility index (Phi) is 8.32. The van der Waals surface area contributed by atoms with E-state index in [1.165, 1.54) is 99.8 Å². The highest BCUT2D eigenvalue weighted by Gasteiger charge is 2.46. The Morgan fingerprint density at radius 1 is 0.344 bits per heavy atom. The highest BCUT2D eigenvalue weighted by molar-refractivity contribution is 5.98.